The number of carbonyl (C=O) groups excluding carboxylic acids is 1. The largest absolute Gasteiger partial charge is 0.350 e. The molecule has 1 amide bonds. The summed E-state index contributed by atoms with van der Waals surface area (Å²) >= 11 is 1.59. The fraction of sp³-hybridized carbons (Fsp3) is 0.636. The number of thiazole rings is 1. The lowest BCUT2D eigenvalue weighted by Crippen LogP contribution is -2.50. The molecule has 1 aromatic heterocycles. The molecule has 0 spiro atoms. The van der Waals surface area contributed by atoms with Gasteiger partial charge in [-0.3, -0.25) is 4.79 Å². The molecule has 0 saturated carbocycles. The molecule has 16 heavy (non-hydrogen) atoms. The van der Waals surface area contributed by atoms with Crippen molar-refractivity contribution >= 4 is 17.2 Å². The van der Waals surface area contributed by atoms with Crippen LogP contribution in [0.25, 0.3) is 0 Å². The Balaban J connectivity index is 1.91. The third kappa shape index (κ3) is 2.25. The van der Waals surface area contributed by atoms with E-state index in [0.717, 1.165) is 30.0 Å². The molecule has 1 saturated heterocycles. The summed E-state index contributed by atoms with van der Waals surface area (Å²) in [7, 11) is 0. The fourth-order valence-electron chi connectivity index (χ4n) is 1.94. The highest BCUT2D eigenvalue weighted by Crippen LogP contribution is 2.19. The summed E-state index contributed by atoms with van der Waals surface area (Å²) in [6, 6.07) is 0. The van der Waals surface area contributed by atoms with Crippen molar-refractivity contribution in [3.05, 3.63) is 16.1 Å². The summed E-state index contributed by atoms with van der Waals surface area (Å²) in [6.07, 6.45) is 1.99. The average molecular weight is 239 g/mol. The van der Waals surface area contributed by atoms with E-state index in [0.29, 0.717) is 6.54 Å². The first-order chi connectivity index (χ1) is 7.62. The van der Waals surface area contributed by atoms with Gasteiger partial charge in [-0.2, -0.15) is 0 Å². The SMILES string of the molecule is Cc1ncsc1CNC(=O)C1(C)CCCN1. The van der Waals surface area contributed by atoms with Crippen molar-refractivity contribution in [3.63, 3.8) is 0 Å². The van der Waals surface area contributed by atoms with Gasteiger partial charge in [0.1, 0.15) is 0 Å². The molecular weight excluding hydrogens is 222 g/mol. The summed E-state index contributed by atoms with van der Waals surface area (Å²) < 4.78 is 0. The molecular formula is C11H17N3OS. The monoisotopic (exact) mass is 239 g/mol. The minimum Gasteiger partial charge on any atom is -0.350 e. The van der Waals surface area contributed by atoms with Gasteiger partial charge in [0.25, 0.3) is 0 Å². The molecule has 1 aliphatic heterocycles. The van der Waals surface area contributed by atoms with Gasteiger partial charge in [0.05, 0.1) is 23.3 Å². The minimum atomic E-state index is -0.376. The van der Waals surface area contributed by atoms with Crippen molar-refractivity contribution < 1.29 is 4.79 Å². The standard InChI is InChI=1S/C11H17N3OS/c1-8-9(16-7-13-8)6-12-10(15)11(2)4-3-5-14-11/h7,14H,3-6H2,1-2H3,(H,12,15). The lowest BCUT2D eigenvalue weighted by molar-refractivity contribution is -0.126. The van der Waals surface area contributed by atoms with Crippen molar-refractivity contribution in [2.75, 3.05) is 6.54 Å². The number of nitrogens with zero attached hydrogens (tertiary/aromatic N) is 1. The first kappa shape index (κ1) is 11.5. The van der Waals surface area contributed by atoms with Crippen LogP contribution in [0.2, 0.25) is 0 Å². The maximum absolute atomic E-state index is 12.0. The Hall–Kier alpha value is -0.940. The van der Waals surface area contributed by atoms with Gasteiger partial charge < -0.3 is 10.6 Å². The normalized spacial score (nSPS) is 24.6. The van der Waals surface area contributed by atoms with E-state index in [-0.39, 0.29) is 11.4 Å². The molecule has 5 heteroatoms. The topological polar surface area (TPSA) is 54.0 Å². The van der Waals surface area contributed by atoms with Gasteiger partial charge in [0.2, 0.25) is 5.91 Å². The Bertz CT molecular complexity index is 382. The predicted octanol–water partition coefficient (Wildman–Crippen LogP) is 1.21. The van der Waals surface area contributed by atoms with E-state index >= 15 is 0 Å². The minimum absolute atomic E-state index is 0.0952. The van der Waals surface area contributed by atoms with Crippen LogP contribution >= 0.6 is 11.3 Å². The number of nitrogens with one attached hydrogen (secondary N) is 2. The van der Waals surface area contributed by atoms with Crippen LogP contribution in [-0.2, 0) is 11.3 Å². The Kier molecular flexibility index (Phi) is 3.25. The molecule has 1 aromatic rings. The Labute approximate surface area is 99.5 Å². The Morgan fingerprint density at radius 3 is 3.12 bits per heavy atom. The number of rotatable bonds is 3. The molecule has 1 atom stereocenters. The maximum atomic E-state index is 12.0. The third-order valence-electron chi connectivity index (χ3n) is 3.12. The summed E-state index contributed by atoms with van der Waals surface area (Å²) in [6.45, 7) is 5.46. The molecule has 0 aromatic carbocycles. The highest BCUT2D eigenvalue weighted by molar-refractivity contribution is 7.09. The zero-order valence-electron chi connectivity index (χ0n) is 9.67. The molecule has 2 heterocycles. The molecule has 0 aliphatic carbocycles. The Morgan fingerprint density at radius 2 is 2.56 bits per heavy atom. The van der Waals surface area contributed by atoms with Crippen molar-refractivity contribution in [2.24, 2.45) is 0 Å². The highest BCUT2D eigenvalue weighted by atomic mass is 32.1. The van der Waals surface area contributed by atoms with E-state index in [4.69, 9.17) is 0 Å². The number of hydrogen-bond acceptors (Lipinski definition) is 4. The van der Waals surface area contributed by atoms with Crippen LogP contribution < -0.4 is 10.6 Å². The van der Waals surface area contributed by atoms with Gasteiger partial charge in [-0.15, -0.1) is 11.3 Å². The van der Waals surface area contributed by atoms with Crippen LogP contribution in [0.4, 0.5) is 0 Å². The quantitative estimate of drug-likeness (QED) is 0.833. The number of aryl methyl sites for hydroxylation is 1. The van der Waals surface area contributed by atoms with E-state index in [2.05, 4.69) is 15.6 Å². The van der Waals surface area contributed by atoms with Gasteiger partial charge in [-0.1, -0.05) is 0 Å². The number of amides is 1. The molecule has 2 N–H and O–H groups in total. The van der Waals surface area contributed by atoms with E-state index in [1.165, 1.54) is 0 Å². The van der Waals surface area contributed by atoms with Crippen LogP contribution in [0.15, 0.2) is 5.51 Å². The maximum Gasteiger partial charge on any atom is 0.240 e. The molecule has 1 aliphatic rings. The fourth-order valence-corrected chi connectivity index (χ4v) is 2.66. The zero-order valence-corrected chi connectivity index (χ0v) is 10.5. The molecule has 1 unspecified atom stereocenters. The van der Waals surface area contributed by atoms with Gasteiger partial charge >= 0.3 is 0 Å². The third-order valence-corrected chi connectivity index (χ3v) is 4.06. The Morgan fingerprint density at radius 1 is 1.75 bits per heavy atom. The van der Waals surface area contributed by atoms with E-state index < -0.39 is 0 Å². The van der Waals surface area contributed by atoms with Crippen LogP contribution in [0.5, 0.6) is 0 Å². The molecule has 4 nitrogen and oxygen atoms in total. The van der Waals surface area contributed by atoms with Crippen molar-refractivity contribution in [1.82, 2.24) is 15.6 Å². The number of aromatic nitrogens is 1. The van der Waals surface area contributed by atoms with E-state index in [1.54, 1.807) is 11.3 Å². The molecule has 2 rings (SSSR count). The first-order valence-electron chi connectivity index (χ1n) is 5.54. The second-order valence-electron chi connectivity index (χ2n) is 4.41. The van der Waals surface area contributed by atoms with E-state index in [9.17, 15) is 4.79 Å². The second-order valence-corrected chi connectivity index (χ2v) is 5.35. The molecule has 0 bridgehead atoms. The zero-order chi connectivity index (χ0) is 11.6. The average Bonchev–Trinajstić information content (AvgIpc) is 2.85. The summed E-state index contributed by atoms with van der Waals surface area (Å²) in [4.78, 5) is 17.3. The van der Waals surface area contributed by atoms with Crippen LogP contribution in [0.1, 0.15) is 30.3 Å². The second kappa shape index (κ2) is 4.51. The summed E-state index contributed by atoms with van der Waals surface area (Å²) in [5, 5.41) is 6.23. The molecule has 0 radical (unpaired) electrons. The predicted molar refractivity (Wildman–Crippen MR) is 64.3 cm³/mol. The van der Waals surface area contributed by atoms with Crippen molar-refractivity contribution in [1.29, 1.82) is 0 Å². The van der Waals surface area contributed by atoms with Crippen LogP contribution in [-0.4, -0.2) is 23.0 Å². The van der Waals surface area contributed by atoms with Crippen LogP contribution in [0, 0.1) is 6.92 Å². The van der Waals surface area contributed by atoms with E-state index in [1.807, 2.05) is 19.4 Å². The summed E-state index contributed by atoms with van der Waals surface area (Å²) in [5.74, 6) is 0.0952. The lowest BCUT2D eigenvalue weighted by Gasteiger charge is -2.22. The van der Waals surface area contributed by atoms with Crippen LogP contribution in [0.3, 0.4) is 0 Å². The number of carbonyl (C=O) groups is 1. The van der Waals surface area contributed by atoms with Gasteiger partial charge in [0.15, 0.2) is 0 Å². The smallest absolute Gasteiger partial charge is 0.240 e. The lowest BCUT2D eigenvalue weighted by atomic mass is 9.99. The first-order valence-corrected chi connectivity index (χ1v) is 6.42. The van der Waals surface area contributed by atoms with Gasteiger partial charge in [-0.25, -0.2) is 4.98 Å². The van der Waals surface area contributed by atoms with Crippen molar-refractivity contribution in [2.45, 2.75) is 38.8 Å². The van der Waals surface area contributed by atoms with Crippen molar-refractivity contribution in [3.8, 4) is 0 Å². The molecule has 88 valence electrons. The van der Waals surface area contributed by atoms with Gasteiger partial charge in [0, 0.05) is 4.88 Å². The number of hydrogen-bond donors (Lipinski definition) is 2. The molecule has 1 fully saturated rings. The summed E-state index contributed by atoms with van der Waals surface area (Å²) in [5.41, 5.74) is 2.44. The van der Waals surface area contributed by atoms with Gasteiger partial charge in [-0.05, 0) is 33.2 Å². The highest BCUT2D eigenvalue weighted by Gasteiger charge is 2.35.